The molecule has 18 heteroatoms. The molecule has 3 rings (SSSR count). The first-order valence-electron chi connectivity index (χ1n) is 8.20. The smallest absolute Gasteiger partial charge is 0.342 e. The summed E-state index contributed by atoms with van der Waals surface area (Å²) in [5.74, 6) is 0. The molecule has 1 aromatic heterocycles. The van der Waals surface area contributed by atoms with E-state index in [0.717, 1.165) is 12.1 Å². The fourth-order valence-corrected chi connectivity index (χ4v) is 5.52. The number of aromatic nitrogens is 2. The van der Waals surface area contributed by atoms with Gasteiger partial charge < -0.3 is 15.1 Å². The van der Waals surface area contributed by atoms with Crippen molar-refractivity contribution >= 4 is 58.3 Å². The van der Waals surface area contributed by atoms with Crippen LogP contribution in [0.3, 0.4) is 0 Å². The number of carbonyl (C=O) groups is 1. The number of nitrogens with zero attached hydrogens (tertiary/aromatic N) is 3. The molecule has 0 spiro atoms. The van der Waals surface area contributed by atoms with Crippen molar-refractivity contribution in [1.29, 1.82) is 0 Å². The first kappa shape index (κ1) is 26.9. The van der Waals surface area contributed by atoms with Gasteiger partial charge >= 0.3 is 28.4 Å². The molecule has 0 radical (unpaired) electrons. The van der Waals surface area contributed by atoms with E-state index in [1.165, 1.54) is 36.4 Å². The third kappa shape index (κ3) is 7.05. The number of hydrogen-bond donors (Lipinski definition) is 3. The number of carbonyl (C=O) groups excluding carboxylic acids is 1. The average Bonchev–Trinajstić information content (AvgIpc) is 3.17. The predicted octanol–water partition coefficient (Wildman–Crippen LogP) is 1.09. The van der Waals surface area contributed by atoms with E-state index in [2.05, 4.69) is 20.2 Å². The van der Waals surface area contributed by atoms with Gasteiger partial charge in [0.15, 0.2) is 0 Å². The Kier molecular flexibility index (Phi) is 8.36. The van der Waals surface area contributed by atoms with Gasteiger partial charge in [-0.05, 0) is 36.4 Å². The minimum atomic E-state index is -4.28. The van der Waals surface area contributed by atoms with Crippen LogP contribution < -0.4 is 15.2 Å². The van der Waals surface area contributed by atoms with Crippen molar-refractivity contribution in [3.63, 3.8) is 0 Å². The third-order valence-corrected chi connectivity index (χ3v) is 8.40. The zero-order valence-electron chi connectivity index (χ0n) is 15.9. The molecule has 4 N–H and O–H groups in total. The normalized spacial score (nSPS) is 11.8. The van der Waals surface area contributed by atoms with Crippen LogP contribution in [-0.4, -0.2) is 41.5 Å². The van der Waals surface area contributed by atoms with Crippen molar-refractivity contribution in [3.8, 4) is 0 Å². The van der Waals surface area contributed by atoms with E-state index in [1.807, 2.05) is 4.72 Å². The number of anilines is 1. The Bertz CT molecular complexity index is 1460. The summed E-state index contributed by atoms with van der Waals surface area (Å²) in [7, 11) is -12.5. The van der Waals surface area contributed by atoms with Crippen LogP contribution in [0.1, 0.15) is 0 Å². The maximum absolute atomic E-state index is 12.4. The molecule has 0 unspecified atom stereocenters. The first-order chi connectivity index (χ1) is 14.9. The van der Waals surface area contributed by atoms with Gasteiger partial charge in [-0.1, -0.05) is 18.2 Å². The molecule has 0 saturated heterocycles. The summed E-state index contributed by atoms with van der Waals surface area (Å²) in [6.45, 7) is 0. The maximum Gasteiger partial charge on any atom is 1.00 e. The summed E-state index contributed by atoms with van der Waals surface area (Å²) < 4.78 is 76.0. The van der Waals surface area contributed by atoms with Crippen molar-refractivity contribution in [2.75, 3.05) is 5.32 Å². The largest absolute Gasteiger partial charge is 1.00 e. The molecule has 0 aliphatic rings. The molecule has 1 heterocycles. The van der Waals surface area contributed by atoms with Gasteiger partial charge in [-0.3, -0.25) is 0 Å². The van der Waals surface area contributed by atoms with Gasteiger partial charge in [0.05, 0.1) is 9.79 Å². The summed E-state index contributed by atoms with van der Waals surface area (Å²) in [6.07, 6.45) is 0. The summed E-state index contributed by atoms with van der Waals surface area (Å²) in [5, 5.41) is 13.3. The van der Waals surface area contributed by atoms with Crippen molar-refractivity contribution in [2.24, 2.45) is 5.14 Å². The zero-order chi connectivity index (χ0) is 23.6. The number of rotatable bonds is 7. The number of sulfonamides is 3. The molecule has 13 nitrogen and oxygen atoms in total. The fraction of sp³-hybridized carbons (Fsp3) is 0. The van der Waals surface area contributed by atoms with Crippen LogP contribution in [0.25, 0.3) is 4.72 Å². The Morgan fingerprint density at radius 3 is 2.03 bits per heavy atom. The minimum Gasteiger partial charge on any atom is -0.342 e. The van der Waals surface area contributed by atoms with E-state index in [0.29, 0.717) is 11.3 Å². The van der Waals surface area contributed by atoms with Gasteiger partial charge in [0, 0.05) is 10.8 Å². The quantitative estimate of drug-likeness (QED) is 0.321. The second kappa shape index (κ2) is 10.3. The Hall–Kier alpha value is -2.38. The average molecular weight is 625 g/mol. The van der Waals surface area contributed by atoms with E-state index >= 15 is 0 Å². The van der Waals surface area contributed by atoms with Gasteiger partial charge in [0.1, 0.15) is 0 Å². The maximum atomic E-state index is 12.4. The van der Waals surface area contributed by atoms with E-state index in [1.54, 1.807) is 6.07 Å². The SMILES string of the molecule is NS(=O)(=O)c1nnc([N-]S(=O)(=O)c2ccc(NC(=O)NS(=O)(=O)c3ccccc3)cc2)s1.[Ag+]. The molecule has 2 aromatic carbocycles. The summed E-state index contributed by atoms with van der Waals surface area (Å²) in [4.78, 5) is 11.6. The molecule has 0 saturated carbocycles. The summed E-state index contributed by atoms with van der Waals surface area (Å²) in [6, 6.07) is 10.8. The molecule has 0 aliphatic heterocycles. The Morgan fingerprint density at radius 2 is 1.48 bits per heavy atom. The van der Waals surface area contributed by atoms with Gasteiger partial charge in [-0.2, -0.15) is 0 Å². The number of urea groups is 1. The molecule has 0 aliphatic carbocycles. The second-order valence-corrected chi connectivity index (χ2v) is 11.8. The van der Waals surface area contributed by atoms with Crippen molar-refractivity contribution in [2.45, 2.75) is 14.1 Å². The summed E-state index contributed by atoms with van der Waals surface area (Å²) in [5.41, 5.74) is 0.0946. The molecule has 180 valence electrons. The molecule has 3 aromatic rings. The molecule has 0 bridgehead atoms. The predicted molar refractivity (Wildman–Crippen MR) is 114 cm³/mol. The molecular weight excluding hydrogens is 612 g/mol. The molecule has 2 amide bonds. The molecule has 0 atom stereocenters. The van der Waals surface area contributed by atoms with Crippen LogP contribution in [0.15, 0.2) is 68.7 Å². The molecule has 33 heavy (non-hydrogen) atoms. The van der Waals surface area contributed by atoms with Crippen LogP contribution >= 0.6 is 11.3 Å². The Balaban J connectivity index is 0.00000385. The minimum absolute atomic E-state index is 0. The third-order valence-electron chi connectivity index (χ3n) is 3.53. The van der Waals surface area contributed by atoms with E-state index < -0.39 is 45.6 Å². The number of hydrogen-bond acceptors (Lipinski definition) is 10. The summed E-state index contributed by atoms with van der Waals surface area (Å²) >= 11 is 0.373. The zero-order valence-corrected chi connectivity index (χ0v) is 20.7. The first-order valence-corrected chi connectivity index (χ1v) is 13.5. The van der Waals surface area contributed by atoms with Crippen LogP contribution in [0, 0.1) is 0 Å². The number of nitrogens with two attached hydrogens (primary N) is 1. The monoisotopic (exact) mass is 624 g/mol. The Morgan fingerprint density at radius 1 is 0.879 bits per heavy atom. The van der Waals surface area contributed by atoms with E-state index in [4.69, 9.17) is 5.14 Å². The topological polar surface area (TPSA) is 209 Å². The van der Waals surface area contributed by atoms with Gasteiger partial charge in [0.25, 0.3) is 20.0 Å². The van der Waals surface area contributed by atoms with E-state index in [-0.39, 0.29) is 37.9 Å². The number of benzene rings is 2. The van der Waals surface area contributed by atoms with E-state index in [9.17, 15) is 30.0 Å². The van der Waals surface area contributed by atoms with Crippen LogP contribution in [0.2, 0.25) is 0 Å². The number of primary sulfonamides is 1. The van der Waals surface area contributed by atoms with Crippen LogP contribution in [-0.2, 0) is 52.5 Å². The molecular formula is C15H13AgN6O7S4. The number of nitrogens with one attached hydrogen (secondary N) is 2. The van der Waals surface area contributed by atoms with Gasteiger partial charge in [-0.25, -0.2) is 45.0 Å². The van der Waals surface area contributed by atoms with Gasteiger partial charge in [0.2, 0.25) is 14.4 Å². The molecule has 0 fully saturated rings. The van der Waals surface area contributed by atoms with Crippen LogP contribution in [0.5, 0.6) is 0 Å². The number of amides is 2. The van der Waals surface area contributed by atoms with Crippen molar-refractivity contribution < 1.29 is 52.4 Å². The second-order valence-electron chi connectivity index (χ2n) is 5.86. The van der Waals surface area contributed by atoms with Crippen LogP contribution in [0.4, 0.5) is 15.6 Å². The van der Waals surface area contributed by atoms with Crippen molar-refractivity contribution in [1.82, 2.24) is 14.9 Å². The fourth-order valence-electron chi connectivity index (χ4n) is 2.16. The van der Waals surface area contributed by atoms with Gasteiger partial charge in [-0.15, -0.1) is 11.3 Å². The Labute approximate surface area is 208 Å². The standard InChI is InChI=1S/C15H14N6O7S4.Ag/c16-30(23,24)15-19-18-14(29-15)21-32(27,28)12-8-6-10(7-9-12)17-13(22)20-31(25,26)11-4-2-1-3-5-11;/h1-9H,(H5,16,17,18,20,21,22,23,24);/q;+1/p-1. The van der Waals surface area contributed by atoms with Crippen molar-refractivity contribution in [3.05, 3.63) is 59.3 Å².